The third-order valence-electron chi connectivity index (χ3n) is 4.68. The SMILES string of the molecule is COc1ccccc1[C@H](CNC(=O)c1cc(=O)c2cc(C)ccc2o1)N(C)C. The van der Waals surface area contributed by atoms with Crippen LogP contribution in [0.3, 0.4) is 0 Å². The lowest BCUT2D eigenvalue weighted by Gasteiger charge is -2.26. The highest BCUT2D eigenvalue weighted by molar-refractivity contribution is 5.93. The number of hydrogen-bond acceptors (Lipinski definition) is 5. The molecule has 0 saturated heterocycles. The van der Waals surface area contributed by atoms with Gasteiger partial charge in [0.25, 0.3) is 5.91 Å². The van der Waals surface area contributed by atoms with Crippen molar-refractivity contribution in [3.05, 3.63) is 75.6 Å². The van der Waals surface area contributed by atoms with Crippen LogP contribution in [-0.4, -0.2) is 38.6 Å². The number of carbonyl (C=O) groups excluding carboxylic acids is 1. The van der Waals surface area contributed by atoms with Gasteiger partial charge in [-0.1, -0.05) is 29.8 Å². The number of benzene rings is 2. The molecule has 1 N–H and O–H groups in total. The molecular formula is C22H24N2O4. The van der Waals surface area contributed by atoms with E-state index in [0.29, 0.717) is 17.5 Å². The van der Waals surface area contributed by atoms with Crippen LogP contribution in [0.1, 0.15) is 27.7 Å². The molecule has 0 unspecified atom stereocenters. The first-order chi connectivity index (χ1) is 13.4. The van der Waals surface area contributed by atoms with Crippen molar-refractivity contribution in [1.82, 2.24) is 10.2 Å². The fraction of sp³-hybridized carbons (Fsp3) is 0.273. The molecule has 1 atom stereocenters. The summed E-state index contributed by atoms with van der Waals surface area (Å²) in [5, 5.41) is 3.33. The Kier molecular flexibility index (Phi) is 5.80. The number of carbonyl (C=O) groups is 1. The third kappa shape index (κ3) is 4.07. The first-order valence-corrected chi connectivity index (χ1v) is 9.02. The highest BCUT2D eigenvalue weighted by atomic mass is 16.5. The Hall–Kier alpha value is -3.12. The summed E-state index contributed by atoms with van der Waals surface area (Å²) in [5.74, 6) is 0.322. The van der Waals surface area contributed by atoms with E-state index in [2.05, 4.69) is 5.32 Å². The summed E-state index contributed by atoms with van der Waals surface area (Å²) in [6, 6.07) is 14.1. The standard InChI is InChI=1S/C22H24N2O4/c1-14-9-10-20-16(11-14)18(25)12-21(28-20)22(26)23-13-17(24(2)3)15-7-5-6-8-19(15)27-4/h5-12,17H,13H2,1-4H3,(H,23,26)/t17-/m0/s1. The molecule has 0 aliphatic rings. The number of fused-ring (bicyclic) bond motifs is 1. The fourth-order valence-electron chi connectivity index (χ4n) is 3.17. The number of nitrogens with one attached hydrogen (secondary N) is 1. The molecule has 146 valence electrons. The van der Waals surface area contributed by atoms with E-state index in [4.69, 9.17) is 9.15 Å². The smallest absolute Gasteiger partial charge is 0.287 e. The van der Waals surface area contributed by atoms with E-state index in [1.165, 1.54) is 6.07 Å². The molecular weight excluding hydrogens is 356 g/mol. The zero-order valence-electron chi connectivity index (χ0n) is 16.5. The van der Waals surface area contributed by atoms with Crippen LogP contribution in [0.15, 0.2) is 57.7 Å². The van der Waals surface area contributed by atoms with Gasteiger partial charge in [-0.2, -0.15) is 0 Å². The topological polar surface area (TPSA) is 71.8 Å². The second-order valence-electron chi connectivity index (χ2n) is 6.91. The number of nitrogens with zero attached hydrogens (tertiary/aromatic N) is 1. The van der Waals surface area contributed by atoms with Crippen molar-refractivity contribution in [2.24, 2.45) is 0 Å². The summed E-state index contributed by atoms with van der Waals surface area (Å²) in [6.45, 7) is 2.24. The predicted octanol–water partition coefficient (Wildman–Crippen LogP) is 3.14. The maximum Gasteiger partial charge on any atom is 0.287 e. The average Bonchev–Trinajstić information content (AvgIpc) is 2.68. The van der Waals surface area contributed by atoms with Gasteiger partial charge in [0.05, 0.1) is 18.5 Å². The molecule has 0 bridgehead atoms. The molecule has 6 heteroatoms. The Morgan fingerprint density at radius 1 is 1.18 bits per heavy atom. The quantitative estimate of drug-likeness (QED) is 0.711. The van der Waals surface area contributed by atoms with E-state index < -0.39 is 5.91 Å². The second-order valence-corrected chi connectivity index (χ2v) is 6.91. The summed E-state index contributed by atoms with van der Waals surface area (Å²) >= 11 is 0. The lowest BCUT2D eigenvalue weighted by atomic mass is 10.0. The number of amides is 1. The van der Waals surface area contributed by atoms with Crippen molar-refractivity contribution in [2.75, 3.05) is 27.7 Å². The van der Waals surface area contributed by atoms with E-state index in [-0.39, 0.29) is 17.2 Å². The van der Waals surface area contributed by atoms with Crippen LogP contribution in [0.25, 0.3) is 11.0 Å². The number of para-hydroxylation sites is 1. The van der Waals surface area contributed by atoms with Crippen LogP contribution in [0, 0.1) is 6.92 Å². The molecule has 6 nitrogen and oxygen atoms in total. The molecule has 1 amide bonds. The molecule has 1 heterocycles. The molecule has 3 rings (SSSR count). The van der Waals surface area contributed by atoms with E-state index in [1.807, 2.05) is 56.3 Å². The van der Waals surface area contributed by atoms with Crippen molar-refractivity contribution in [1.29, 1.82) is 0 Å². The van der Waals surface area contributed by atoms with Gasteiger partial charge < -0.3 is 19.4 Å². The van der Waals surface area contributed by atoms with Crippen LogP contribution < -0.4 is 15.5 Å². The van der Waals surface area contributed by atoms with Crippen LogP contribution in [0.2, 0.25) is 0 Å². The van der Waals surface area contributed by atoms with Gasteiger partial charge in [-0.25, -0.2) is 0 Å². The van der Waals surface area contributed by atoms with Crippen molar-refractivity contribution in [2.45, 2.75) is 13.0 Å². The summed E-state index contributed by atoms with van der Waals surface area (Å²) in [4.78, 5) is 27.0. The van der Waals surface area contributed by atoms with Crippen molar-refractivity contribution >= 4 is 16.9 Å². The number of likely N-dealkylation sites (N-methyl/N-ethyl adjacent to an activating group) is 1. The normalized spacial score (nSPS) is 12.2. The second kappa shape index (κ2) is 8.27. The van der Waals surface area contributed by atoms with Crippen LogP contribution in [0.4, 0.5) is 0 Å². The van der Waals surface area contributed by atoms with Crippen LogP contribution in [-0.2, 0) is 0 Å². The molecule has 0 aliphatic carbocycles. The van der Waals surface area contributed by atoms with Gasteiger partial charge in [0.15, 0.2) is 11.2 Å². The predicted molar refractivity (Wildman–Crippen MR) is 109 cm³/mol. The number of methoxy groups -OCH3 is 1. The minimum Gasteiger partial charge on any atom is -0.496 e. The fourth-order valence-corrected chi connectivity index (χ4v) is 3.17. The Balaban J connectivity index is 1.83. The van der Waals surface area contributed by atoms with E-state index >= 15 is 0 Å². The van der Waals surface area contributed by atoms with E-state index in [0.717, 1.165) is 16.9 Å². The first kappa shape index (κ1) is 19.6. The number of ether oxygens (including phenoxy) is 1. The van der Waals surface area contributed by atoms with Gasteiger partial charge in [0.2, 0.25) is 0 Å². The average molecular weight is 380 g/mol. The molecule has 2 aromatic carbocycles. The lowest BCUT2D eigenvalue weighted by molar-refractivity contribution is 0.0914. The van der Waals surface area contributed by atoms with Gasteiger partial charge in [0, 0.05) is 18.2 Å². The summed E-state index contributed by atoms with van der Waals surface area (Å²) < 4.78 is 11.1. The zero-order chi connectivity index (χ0) is 20.3. The van der Waals surface area contributed by atoms with E-state index in [9.17, 15) is 9.59 Å². The summed E-state index contributed by atoms with van der Waals surface area (Å²) in [7, 11) is 5.49. The third-order valence-corrected chi connectivity index (χ3v) is 4.68. The van der Waals surface area contributed by atoms with E-state index in [1.54, 1.807) is 19.2 Å². The van der Waals surface area contributed by atoms with Gasteiger partial charge in [-0.05, 0) is 39.2 Å². The highest BCUT2D eigenvalue weighted by Crippen LogP contribution is 2.27. The summed E-state index contributed by atoms with van der Waals surface area (Å²) in [6.07, 6.45) is 0. The molecule has 28 heavy (non-hydrogen) atoms. The number of rotatable bonds is 6. The molecule has 3 aromatic rings. The number of hydrogen-bond donors (Lipinski definition) is 1. The summed E-state index contributed by atoms with van der Waals surface area (Å²) in [5.41, 5.74) is 2.09. The van der Waals surface area contributed by atoms with Gasteiger partial charge >= 0.3 is 0 Å². The minimum atomic E-state index is -0.429. The molecule has 0 radical (unpaired) electrons. The first-order valence-electron chi connectivity index (χ1n) is 9.02. The van der Waals surface area contributed by atoms with Gasteiger partial charge in [-0.15, -0.1) is 0 Å². The van der Waals surface area contributed by atoms with Crippen molar-refractivity contribution in [3.8, 4) is 5.75 Å². The lowest BCUT2D eigenvalue weighted by Crippen LogP contribution is -2.35. The molecule has 0 aliphatic heterocycles. The van der Waals surface area contributed by atoms with Gasteiger partial charge in [-0.3, -0.25) is 9.59 Å². The monoisotopic (exact) mass is 380 g/mol. The van der Waals surface area contributed by atoms with Crippen LogP contribution in [0.5, 0.6) is 5.75 Å². The zero-order valence-corrected chi connectivity index (χ0v) is 16.5. The molecule has 1 aromatic heterocycles. The largest absolute Gasteiger partial charge is 0.496 e. The Bertz CT molecular complexity index is 1060. The van der Waals surface area contributed by atoms with Crippen molar-refractivity contribution < 1.29 is 13.9 Å². The Morgan fingerprint density at radius 3 is 2.64 bits per heavy atom. The maximum absolute atomic E-state index is 12.6. The Morgan fingerprint density at radius 2 is 1.93 bits per heavy atom. The Labute approximate surface area is 163 Å². The molecule has 0 saturated carbocycles. The highest BCUT2D eigenvalue weighted by Gasteiger charge is 2.20. The molecule has 0 spiro atoms. The number of aryl methyl sites for hydroxylation is 1. The van der Waals surface area contributed by atoms with Crippen molar-refractivity contribution in [3.63, 3.8) is 0 Å². The maximum atomic E-state index is 12.6. The minimum absolute atomic E-state index is 0.00103. The van der Waals surface area contributed by atoms with Crippen LogP contribution >= 0.6 is 0 Å². The molecule has 0 fully saturated rings. The van der Waals surface area contributed by atoms with Gasteiger partial charge in [0.1, 0.15) is 11.3 Å².